The van der Waals surface area contributed by atoms with E-state index in [9.17, 15) is 9.18 Å². The van der Waals surface area contributed by atoms with Crippen LogP contribution in [0.3, 0.4) is 0 Å². The van der Waals surface area contributed by atoms with E-state index in [-0.39, 0.29) is 11.7 Å². The summed E-state index contributed by atoms with van der Waals surface area (Å²) in [5, 5.41) is 5.84. The van der Waals surface area contributed by atoms with Gasteiger partial charge in [0.15, 0.2) is 0 Å². The molecule has 4 nitrogen and oxygen atoms in total. The number of ether oxygens (including phenoxy) is 1. The molecule has 5 heteroatoms. The van der Waals surface area contributed by atoms with E-state index >= 15 is 0 Å². The van der Waals surface area contributed by atoms with Gasteiger partial charge >= 0.3 is 0 Å². The molecule has 0 radical (unpaired) electrons. The molecule has 0 fully saturated rings. The minimum absolute atomic E-state index is 0.151. The molecule has 2 aromatic carbocycles. The number of benzene rings is 2. The van der Waals surface area contributed by atoms with Gasteiger partial charge in [-0.1, -0.05) is 18.2 Å². The topological polar surface area (TPSA) is 50.4 Å². The predicted octanol–water partition coefficient (Wildman–Crippen LogP) is 3.26. The Balaban J connectivity index is 1.87. The van der Waals surface area contributed by atoms with Crippen molar-refractivity contribution in [3.63, 3.8) is 0 Å². The van der Waals surface area contributed by atoms with Crippen LogP contribution in [-0.2, 0) is 11.3 Å². The zero-order valence-corrected chi connectivity index (χ0v) is 13.5. The first kappa shape index (κ1) is 16.8. The minimum Gasteiger partial charge on any atom is -0.497 e. The molecular weight excluding hydrogens is 295 g/mol. The number of halogens is 1. The van der Waals surface area contributed by atoms with Gasteiger partial charge in [-0.3, -0.25) is 4.79 Å². The third-order valence-corrected chi connectivity index (χ3v) is 3.57. The zero-order chi connectivity index (χ0) is 16.8. The van der Waals surface area contributed by atoms with E-state index < -0.39 is 6.04 Å². The highest BCUT2D eigenvalue weighted by molar-refractivity contribution is 5.84. The minimum atomic E-state index is -0.463. The first-order valence-corrected chi connectivity index (χ1v) is 7.43. The van der Waals surface area contributed by atoms with Gasteiger partial charge < -0.3 is 15.4 Å². The normalized spacial score (nSPS) is 11.7. The van der Waals surface area contributed by atoms with Gasteiger partial charge in [0.25, 0.3) is 0 Å². The van der Waals surface area contributed by atoms with Crippen LogP contribution in [0, 0.1) is 12.7 Å². The highest BCUT2D eigenvalue weighted by Crippen LogP contribution is 2.15. The van der Waals surface area contributed by atoms with Gasteiger partial charge in [0.2, 0.25) is 5.91 Å². The van der Waals surface area contributed by atoms with Gasteiger partial charge in [0.1, 0.15) is 17.6 Å². The van der Waals surface area contributed by atoms with Crippen LogP contribution in [0.15, 0.2) is 42.5 Å². The second-order valence-electron chi connectivity index (χ2n) is 5.40. The molecule has 1 amide bonds. The standard InChI is InChI=1S/C18H21FN2O2/c1-12-4-7-15(10-17(12)19)21-13(2)18(22)20-11-14-5-8-16(23-3)9-6-14/h4-10,13,21H,11H2,1-3H3,(H,20,22)/t13-/m1/s1. The van der Waals surface area contributed by atoms with Gasteiger partial charge in [0, 0.05) is 12.2 Å². The second kappa shape index (κ2) is 7.63. The molecular formula is C18H21FN2O2. The fourth-order valence-electron chi connectivity index (χ4n) is 2.08. The molecule has 2 aromatic rings. The SMILES string of the molecule is COc1ccc(CNC(=O)[C@@H](C)Nc2ccc(C)c(F)c2)cc1. The number of amides is 1. The molecule has 0 aliphatic heterocycles. The third kappa shape index (κ3) is 4.71. The van der Waals surface area contributed by atoms with Gasteiger partial charge in [-0.25, -0.2) is 4.39 Å². The first-order valence-electron chi connectivity index (χ1n) is 7.43. The number of hydrogen-bond acceptors (Lipinski definition) is 3. The summed E-state index contributed by atoms with van der Waals surface area (Å²) < 4.78 is 18.6. The van der Waals surface area contributed by atoms with Crippen LogP contribution in [0.5, 0.6) is 5.75 Å². The molecule has 0 aliphatic rings. The lowest BCUT2D eigenvalue weighted by Gasteiger charge is -2.16. The Morgan fingerprint density at radius 1 is 1.22 bits per heavy atom. The molecule has 2 rings (SSSR count). The molecule has 0 heterocycles. The Labute approximate surface area is 135 Å². The molecule has 23 heavy (non-hydrogen) atoms. The van der Waals surface area contributed by atoms with Crippen LogP contribution in [-0.4, -0.2) is 19.1 Å². The molecule has 0 bridgehead atoms. The van der Waals surface area contributed by atoms with Crippen molar-refractivity contribution in [3.05, 3.63) is 59.4 Å². The molecule has 0 saturated heterocycles. The molecule has 1 atom stereocenters. The van der Waals surface area contributed by atoms with E-state index in [1.807, 2.05) is 24.3 Å². The Morgan fingerprint density at radius 2 is 1.91 bits per heavy atom. The number of carbonyl (C=O) groups is 1. The maximum Gasteiger partial charge on any atom is 0.242 e. The van der Waals surface area contributed by atoms with E-state index in [0.717, 1.165) is 11.3 Å². The monoisotopic (exact) mass is 316 g/mol. The Morgan fingerprint density at radius 3 is 2.52 bits per heavy atom. The summed E-state index contributed by atoms with van der Waals surface area (Å²) in [6.45, 7) is 3.86. The van der Waals surface area contributed by atoms with Gasteiger partial charge in [-0.15, -0.1) is 0 Å². The Bertz CT molecular complexity index is 671. The van der Waals surface area contributed by atoms with Crippen LogP contribution in [0.2, 0.25) is 0 Å². The third-order valence-electron chi connectivity index (χ3n) is 3.57. The first-order chi connectivity index (χ1) is 11.0. The number of nitrogens with one attached hydrogen (secondary N) is 2. The summed E-state index contributed by atoms with van der Waals surface area (Å²) in [5.41, 5.74) is 2.14. The van der Waals surface area contributed by atoms with Gasteiger partial charge in [0.05, 0.1) is 7.11 Å². The highest BCUT2D eigenvalue weighted by Gasteiger charge is 2.12. The van der Waals surface area contributed by atoms with Crippen molar-refractivity contribution in [2.45, 2.75) is 26.4 Å². The summed E-state index contributed by atoms with van der Waals surface area (Å²) in [7, 11) is 1.61. The Hall–Kier alpha value is -2.56. The molecule has 0 unspecified atom stereocenters. The summed E-state index contributed by atoms with van der Waals surface area (Å²) in [6.07, 6.45) is 0. The summed E-state index contributed by atoms with van der Waals surface area (Å²) >= 11 is 0. The van der Waals surface area contributed by atoms with E-state index in [0.29, 0.717) is 17.8 Å². The van der Waals surface area contributed by atoms with Crippen molar-refractivity contribution >= 4 is 11.6 Å². The number of hydrogen-bond donors (Lipinski definition) is 2. The van der Waals surface area contributed by atoms with Crippen molar-refractivity contribution in [2.75, 3.05) is 12.4 Å². The van der Waals surface area contributed by atoms with Crippen molar-refractivity contribution in [1.29, 1.82) is 0 Å². The summed E-state index contributed by atoms with van der Waals surface area (Å²) in [6, 6.07) is 11.8. The van der Waals surface area contributed by atoms with Gasteiger partial charge in [-0.05, 0) is 49.2 Å². The number of carbonyl (C=O) groups excluding carboxylic acids is 1. The maximum absolute atomic E-state index is 13.5. The number of rotatable bonds is 6. The van der Waals surface area contributed by atoms with Crippen LogP contribution in [0.25, 0.3) is 0 Å². The van der Waals surface area contributed by atoms with Crippen molar-refractivity contribution in [2.24, 2.45) is 0 Å². The van der Waals surface area contributed by atoms with E-state index in [1.165, 1.54) is 6.07 Å². The van der Waals surface area contributed by atoms with E-state index in [1.54, 1.807) is 33.1 Å². The second-order valence-corrected chi connectivity index (χ2v) is 5.40. The molecule has 0 aliphatic carbocycles. The molecule has 122 valence electrons. The molecule has 0 saturated carbocycles. The van der Waals surface area contributed by atoms with Gasteiger partial charge in [-0.2, -0.15) is 0 Å². The quantitative estimate of drug-likeness (QED) is 0.860. The fraction of sp³-hybridized carbons (Fsp3) is 0.278. The number of methoxy groups -OCH3 is 1. The predicted molar refractivity (Wildman–Crippen MR) is 89.1 cm³/mol. The highest BCUT2D eigenvalue weighted by atomic mass is 19.1. The average molecular weight is 316 g/mol. The maximum atomic E-state index is 13.5. The van der Waals surface area contributed by atoms with Crippen LogP contribution in [0.1, 0.15) is 18.1 Å². The lowest BCUT2D eigenvalue weighted by atomic mass is 10.2. The number of aryl methyl sites for hydroxylation is 1. The summed E-state index contributed by atoms with van der Waals surface area (Å²) in [4.78, 5) is 12.1. The van der Waals surface area contributed by atoms with Crippen LogP contribution in [0.4, 0.5) is 10.1 Å². The largest absolute Gasteiger partial charge is 0.497 e. The molecule has 2 N–H and O–H groups in total. The van der Waals surface area contributed by atoms with E-state index in [2.05, 4.69) is 10.6 Å². The average Bonchev–Trinajstić information content (AvgIpc) is 2.56. The molecule has 0 aromatic heterocycles. The fourth-order valence-corrected chi connectivity index (χ4v) is 2.08. The van der Waals surface area contributed by atoms with E-state index in [4.69, 9.17) is 4.74 Å². The summed E-state index contributed by atoms with van der Waals surface area (Å²) in [5.74, 6) is 0.333. The lowest BCUT2D eigenvalue weighted by molar-refractivity contribution is -0.121. The Kier molecular flexibility index (Phi) is 5.57. The molecule has 0 spiro atoms. The zero-order valence-electron chi connectivity index (χ0n) is 13.5. The van der Waals surface area contributed by atoms with Crippen molar-refractivity contribution < 1.29 is 13.9 Å². The lowest BCUT2D eigenvalue weighted by Crippen LogP contribution is -2.37. The smallest absolute Gasteiger partial charge is 0.242 e. The van der Waals surface area contributed by atoms with Crippen molar-refractivity contribution in [1.82, 2.24) is 5.32 Å². The number of anilines is 1. The van der Waals surface area contributed by atoms with Crippen LogP contribution >= 0.6 is 0 Å². The van der Waals surface area contributed by atoms with Crippen molar-refractivity contribution in [3.8, 4) is 5.75 Å². The van der Waals surface area contributed by atoms with Crippen LogP contribution < -0.4 is 15.4 Å².